The van der Waals surface area contributed by atoms with Crippen LogP contribution in [0.5, 0.6) is 0 Å². The van der Waals surface area contributed by atoms with E-state index in [1.165, 1.54) is 36.8 Å². The van der Waals surface area contributed by atoms with Crippen LogP contribution in [0, 0.1) is 11.8 Å². The SMILES string of the molecule is CCNC(c1cccc(CC)c1)C1CCC(C)CC1. The molecule has 1 atom stereocenters. The molecule has 0 radical (unpaired) electrons. The molecule has 2 rings (SSSR count). The highest BCUT2D eigenvalue weighted by molar-refractivity contribution is 5.26. The van der Waals surface area contributed by atoms with Gasteiger partial charge in [-0.2, -0.15) is 0 Å². The molecule has 1 unspecified atom stereocenters. The average Bonchev–Trinajstić information content (AvgIpc) is 2.46. The maximum absolute atomic E-state index is 3.73. The van der Waals surface area contributed by atoms with E-state index in [0.29, 0.717) is 6.04 Å². The first-order chi connectivity index (χ1) is 9.24. The summed E-state index contributed by atoms with van der Waals surface area (Å²) in [6, 6.07) is 9.75. The lowest BCUT2D eigenvalue weighted by atomic mass is 9.77. The van der Waals surface area contributed by atoms with Crippen LogP contribution in [0.4, 0.5) is 0 Å². The number of nitrogens with one attached hydrogen (secondary N) is 1. The van der Waals surface area contributed by atoms with E-state index in [1.54, 1.807) is 0 Å². The van der Waals surface area contributed by atoms with E-state index in [2.05, 4.69) is 50.4 Å². The van der Waals surface area contributed by atoms with Gasteiger partial charge in [-0.05, 0) is 48.8 Å². The Morgan fingerprint density at radius 2 is 1.89 bits per heavy atom. The Kier molecular flexibility index (Phi) is 5.45. The lowest BCUT2D eigenvalue weighted by Gasteiger charge is -2.33. The molecule has 1 heteroatoms. The quantitative estimate of drug-likeness (QED) is 0.806. The van der Waals surface area contributed by atoms with E-state index in [9.17, 15) is 0 Å². The molecule has 106 valence electrons. The smallest absolute Gasteiger partial charge is 0.0348 e. The van der Waals surface area contributed by atoms with Crippen molar-refractivity contribution in [3.05, 3.63) is 35.4 Å². The summed E-state index contributed by atoms with van der Waals surface area (Å²) in [5, 5.41) is 3.73. The predicted octanol–water partition coefficient (Wildman–Crippen LogP) is 4.73. The second kappa shape index (κ2) is 7.09. The summed E-state index contributed by atoms with van der Waals surface area (Å²) >= 11 is 0. The number of aryl methyl sites for hydroxylation is 1. The van der Waals surface area contributed by atoms with Gasteiger partial charge in [0.1, 0.15) is 0 Å². The molecular weight excluding hydrogens is 230 g/mol. The summed E-state index contributed by atoms with van der Waals surface area (Å²) in [7, 11) is 0. The van der Waals surface area contributed by atoms with Crippen LogP contribution in [0.1, 0.15) is 63.6 Å². The molecule has 1 fully saturated rings. The van der Waals surface area contributed by atoms with E-state index >= 15 is 0 Å². The van der Waals surface area contributed by atoms with Crippen molar-refractivity contribution in [3.8, 4) is 0 Å². The fraction of sp³-hybridized carbons (Fsp3) is 0.667. The molecule has 0 amide bonds. The molecule has 1 aliphatic carbocycles. The van der Waals surface area contributed by atoms with E-state index in [4.69, 9.17) is 0 Å². The minimum absolute atomic E-state index is 0.559. The summed E-state index contributed by atoms with van der Waals surface area (Å²) in [6.45, 7) is 7.93. The molecule has 1 saturated carbocycles. The molecule has 0 heterocycles. The number of hydrogen-bond donors (Lipinski definition) is 1. The van der Waals surface area contributed by atoms with Crippen LogP contribution in [0.3, 0.4) is 0 Å². The molecule has 19 heavy (non-hydrogen) atoms. The fourth-order valence-corrected chi connectivity index (χ4v) is 3.40. The Morgan fingerprint density at radius 1 is 1.16 bits per heavy atom. The van der Waals surface area contributed by atoms with Crippen molar-refractivity contribution < 1.29 is 0 Å². The van der Waals surface area contributed by atoms with Crippen LogP contribution in [-0.4, -0.2) is 6.54 Å². The van der Waals surface area contributed by atoms with Crippen molar-refractivity contribution >= 4 is 0 Å². The van der Waals surface area contributed by atoms with Gasteiger partial charge in [-0.1, -0.05) is 57.9 Å². The zero-order valence-corrected chi connectivity index (χ0v) is 12.8. The number of rotatable bonds is 5. The third kappa shape index (κ3) is 3.82. The minimum atomic E-state index is 0.559. The number of hydrogen-bond acceptors (Lipinski definition) is 1. The predicted molar refractivity (Wildman–Crippen MR) is 83.4 cm³/mol. The Labute approximate surface area is 118 Å². The molecule has 0 bridgehead atoms. The Hall–Kier alpha value is -0.820. The molecule has 1 nitrogen and oxygen atoms in total. The highest BCUT2D eigenvalue weighted by Gasteiger charge is 2.26. The van der Waals surface area contributed by atoms with Crippen LogP contribution >= 0.6 is 0 Å². The van der Waals surface area contributed by atoms with Gasteiger partial charge in [0.15, 0.2) is 0 Å². The molecular formula is C18H29N. The van der Waals surface area contributed by atoms with Gasteiger partial charge in [0.25, 0.3) is 0 Å². The van der Waals surface area contributed by atoms with Gasteiger partial charge in [0.2, 0.25) is 0 Å². The van der Waals surface area contributed by atoms with Crippen LogP contribution in [0.15, 0.2) is 24.3 Å². The molecule has 1 aromatic carbocycles. The van der Waals surface area contributed by atoms with Crippen LogP contribution in [0.2, 0.25) is 0 Å². The van der Waals surface area contributed by atoms with Gasteiger partial charge in [-0.3, -0.25) is 0 Å². The maximum Gasteiger partial charge on any atom is 0.0348 e. The molecule has 1 aromatic rings. The topological polar surface area (TPSA) is 12.0 Å². The highest BCUT2D eigenvalue weighted by Crippen LogP contribution is 2.36. The average molecular weight is 259 g/mol. The Bertz CT molecular complexity index is 377. The van der Waals surface area contributed by atoms with Crippen LogP contribution in [-0.2, 0) is 6.42 Å². The Morgan fingerprint density at radius 3 is 2.53 bits per heavy atom. The third-order valence-corrected chi connectivity index (χ3v) is 4.67. The van der Waals surface area contributed by atoms with Crippen molar-refractivity contribution in [1.29, 1.82) is 0 Å². The summed E-state index contributed by atoms with van der Waals surface area (Å²) < 4.78 is 0. The van der Waals surface area contributed by atoms with Gasteiger partial charge in [-0.25, -0.2) is 0 Å². The summed E-state index contributed by atoms with van der Waals surface area (Å²) in [4.78, 5) is 0. The van der Waals surface area contributed by atoms with Gasteiger partial charge in [-0.15, -0.1) is 0 Å². The first kappa shape index (κ1) is 14.6. The molecule has 0 aromatic heterocycles. The van der Waals surface area contributed by atoms with Crippen molar-refractivity contribution in [2.24, 2.45) is 11.8 Å². The highest BCUT2D eigenvalue weighted by atomic mass is 14.9. The largest absolute Gasteiger partial charge is 0.310 e. The van der Waals surface area contributed by atoms with Gasteiger partial charge < -0.3 is 5.32 Å². The standard InChI is InChI=1S/C18H29N/c1-4-15-7-6-8-17(13-15)18(19-5-2)16-11-9-14(3)10-12-16/h6-8,13-14,16,18-19H,4-5,9-12H2,1-3H3. The molecule has 0 saturated heterocycles. The molecule has 1 aliphatic rings. The van der Waals surface area contributed by atoms with Crippen LogP contribution < -0.4 is 5.32 Å². The maximum atomic E-state index is 3.73. The monoisotopic (exact) mass is 259 g/mol. The second-order valence-corrected chi connectivity index (χ2v) is 6.15. The Balaban J connectivity index is 2.14. The molecule has 0 aliphatic heterocycles. The fourth-order valence-electron chi connectivity index (χ4n) is 3.40. The van der Waals surface area contributed by atoms with Gasteiger partial charge >= 0.3 is 0 Å². The van der Waals surface area contributed by atoms with Crippen molar-refractivity contribution in [1.82, 2.24) is 5.32 Å². The van der Waals surface area contributed by atoms with Crippen molar-refractivity contribution in [2.75, 3.05) is 6.54 Å². The lowest BCUT2D eigenvalue weighted by Crippen LogP contribution is -2.30. The van der Waals surface area contributed by atoms with Crippen molar-refractivity contribution in [2.45, 2.75) is 58.9 Å². The minimum Gasteiger partial charge on any atom is -0.310 e. The zero-order chi connectivity index (χ0) is 13.7. The zero-order valence-electron chi connectivity index (χ0n) is 12.8. The van der Waals surface area contributed by atoms with Gasteiger partial charge in [0.05, 0.1) is 0 Å². The lowest BCUT2D eigenvalue weighted by molar-refractivity contribution is 0.233. The summed E-state index contributed by atoms with van der Waals surface area (Å²) in [6.07, 6.45) is 6.71. The molecule has 1 N–H and O–H groups in total. The van der Waals surface area contributed by atoms with E-state index in [-0.39, 0.29) is 0 Å². The number of benzene rings is 1. The van der Waals surface area contributed by atoms with Crippen LogP contribution in [0.25, 0.3) is 0 Å². The second-order valence-electron chi connectivity index (χ2n) is 6.15. The summed E-state index contributed by atoms with van der Waals surface area (Å²) in [5.74, 6) is 1.75. The first-order valence-corrected chi connectivity index (χ1v) is 8.06. The summed E-state index contributed by atoms with van der Waals surface area (Å²) in [5.41, 5.74) is 2.96. The van der Waals surface area contributed by atoms with Crippen molar-refractivity contribution in [3.63, 3.8) is 0 Å². The van der Waals surface area contributed by atoms with E-state index < -0.39 is 0 Å². The van der Waals surface area contributed by atoms with E-state index in [0.717, 1.165) is 24.8 Å². The first-order valence-electron chi connectivity index (χ1n) is 8.06. The third-order valence-electron chi connectivity index (χ3n) is 4.67. The molecule has 0 spiro atoms. The van der Waals surface area contributed by atoms with Gasteiger partial charge in [0, 0.05) is 6.04 Å². The normalized spacial score (nSPS) is 25.2. The van der Waals surface area contributed by atoms with E-state index in [1.807, 2.05) is 0 Å².